The van der Waals surface area contributed by atoms with Crippen LogP contribution in [0.3, 0.4) is 0 Å². The number of unbranched alkanes of at least 4 members (excludes halogenated alkanes) is 18. The molecule has 1 saturated heterocycles. The topological polar surface area (TPSA) is 186 Å². The molecule has 4 N–H and O–H groups in total. The van der Waals surface area contributed by atoms with Gasteiger partial charge in [-0.2, -0.15) is 8.42 Å². The largest absolute Gasteiger partial charge is 0.462 e. The molecule has 300 valence electrons. The van der Waals surface area contributed by atoms with Crippen molar-refractivity contribution < 1.29 is 56.8 Å². The average Bonchev–Trinajstić information content (AvgIpc) is 3.09. The summed E-state index contributed by atoms with van der Waals surface area (Å²) < 4.78 is 53.8. The highest BCUT2D eigenvalue weighted by Gasteiger charge is 2.46. The quantitative estimate of drug-likeness (QED) is 0.0247. The van der Waals surface area contributed by atoms with Crippen molar-refractivity contribution in [2.24, 2.45) is 0 Å². The van der Waals surface area contributed by atoms with E-state index in [1.54, 1.807) is 0 Å². The highest BCUT2D eigenvalue weighted by Crippen LogP contribution is 2.24. The van der Waals surface area contributed by atoms with E-state index in [1.807, 2.05) is 0 Å². The molecule has 1 rings (SSSR count). The van der Waals surface area contributed by atoms with Gasteiger partial charge in [-0.05, 0) is 32.1 Å². The first-order valence-electron chi connectivity index (χ1n) is 19.7. The number of hydrogen-bond donors (Lipinski definition) is 4. The maximum absolute atomic E-state index is 12.7. The maximum atomic E-state index is 12.7. The molecule has 1 fully saturated rings. The van der Waals surface area contributed by atoms with Crippen LogP contribution in [0.2, 0.25) is 0 Å². The molecule has 6 atom stereocenters. The number of carbonyl (C=O) groups is 2. The summed E-state index contributed by atoms with van der Waals surface area (Å²) in [5, 5.41) is 30.7. The maximum Gasteiger partial charge on any atom is 0.306 e. The van der Waals surface area contributed by atoms with Crippen LogP contribution >= 0.6 is 0 Å². The Morgan fingerprint density at radius 2 is 1.14 bits per heavy atom. The second kappa shape index (κ2) is 29.8. The Bertz CT molecular complexity index is 1020. The number of hydrogen-bond acceptors (Lipinski definition) is 11. The van der Waals surface area contributed by atoms with E-state index in [1.165, 1.54) is 64.2 Å². The van der Waals surface area contributed by atoms with E-state index in [0.717, 1.165) is 57.8 Å². The lowest BCUT2D eigenvalue weighted by atomic mass is 10.00. The predicted molar refractivity (Wildman–Crippen MR) is 197 cm³/mol. The van der Waals surface area contributed by atoms with Gasteiger partial charge < -0.3 is 34.3 Å². The highest BCUT2D eigenvalue weighted by molar-refractivity contribution is 7.85. The van der Waals surface area contributed by atoms with Gasteiger partial charge in [0.25, 0.3) is 10.1 Å². The summed E-state index contributed by atoms with van der Waals surface area (Å²) in [6, 6.07) is 0. The van der Waals surface area contributed by atoms with Crippen LogP contribution < -0.4 is 0 Å². The number of aliphatic hydroxyl groups is 3. The van der Waals surface area contributed by atoms with Gasteiger partial charge in [-0.15, -0.1) is 0 Å². The summed E-state index contributed by atoms with van der Waals surface area (Å²) in [7, 11) is -4.59. The number of aliphatic hydroxyl groups excluding tert-OH is 3. The molecule has 0 radical (unpaired) electrons. The Morgan fingerprint density at radius 1 is 0.647 bits per heavy atom. The van der Waals surface area contributed by atoms with Gasteiger partial charge in [0.05, 0.1) is 6.61 Å². The third kappa shape index (κ3) is 25.1. The van der Waals surface area contributed by atoms with Crippen molar-refractivity contribution in [3.05, 3.63) is 12.2 Å². The van der Waals surface area contributed by atoms with E-state index >= 15 is 0 Å². The fraction of sp³-hybridized carbons (Fsp3) is 0.895. The average molecular weight is 751 g/mol. The SMILES string of the molecule is CCCC/C=C/CCCCCCCC(=O)OC[C@H](CO[C@H]1O[C@H](CS(=O)(=O)O)[C@@H](O)C(O)C1O)OC(=O)CCCCCCCCCCCCCC. The fourth-order valence-corrected chi connectivity index (χ4v) is 6.64. The van der Waals surface area contributed by atoms with Crippen LogP contribution in [0.25, 0.3) is 0 Å². The molecule has 0 spiro atoms. The smallest absolute Gasteiger partial charge is 0.306 e. The summed E-state index contributed by atoms with van der Waals surface area (Å²) in [5.74, 6) is -1.99. The van der Waals surface area contributed by atoms with E-state index < -0.39 is 71.2 Å². The van der Waals surface area contributed by atoms with Crippen molar-refractivity contribution in [1.82, 2.24) is 0 Å². The molecule has 1 aliphatic heterocycles. The molecule has 0 saturated carbocycles. The van der Waals surface area contributed by atoms with Crippen molar-refractivity contribution in [2.75, 3.05) is 19.0 Å². The number of allylic oxidation sites excluding steroid dienone is 2. The van der Waals surface area contributed by atoms with Crippen molar-refractivity contribution in [1.29, 1.82) is 0 Å². The van der Waals surface area contributed by atoms with E-state index in [4.69, 9.17) is 18.9 Å². The number of ether oxygens (including phenoxy) is 4. The Labute approximate surface area is 307 Å². The number of carbonyl (C=O) groups excluding carboxylic acids is 2. The molecular weight excluding hydrogens is 680 g/mol. The molecule has 0 aliphatic carbocycles. The van der Waals surface area contributed by atoms with Crippen LogP contribution in [0.5, 0.6) is 0 Å². The zero-order chi connectivity index (χ0) is 37.7. The summed E-state index contributed by atoms with van der Waals surface area (Å²) in [4.78, 5) is 25.2. The zero-order valence-corrected chi connectivity index (χ0v) is 32.3. The summed E-state index contributed by atoms with van der Waals surface area (Å²) in [6.07, 6.45) is 18.4. The first-order valence-corrected chi connectivity index (χ1v) is 21.4. The lowest BCUT2D eigenvalue weighted by Gasteiger charge is -2.40. The minimum atomic E-state index is -4.59. The van der Waals surface area contributed by atoms with E-state index in [2.05, 4.69) is 26.0 Å². The molecule has 13 heteroatoms. The second-order valence-corrected chi connectivity index (χ2v) is 15.4. The predicted octanol–water partition coefficient (Wildman–Crippen LogP) is 6.72. The Morgan fingerprint density at radius 3 is 1.69 bits per heavy atom. The van der Waals surface area contributed by atoms with Gasteiger partial charge in [0.1, 0.15) is 36.8 Å². The van der Waals surface area contributed by atoms with Crippen LogP contribution in [0.15, 0.2) is 12.2 Å². The number of rotatable bonds is 32. The van der Waals surface area contributed by atoms with Gasteiger partial charge in [0, 0.05) is 12.8 Å². The molecule has 0 aromatic rings. The lowest BCUT2D eigenvalue weighted by molar-refractivity contribution is -0.297. The minimum Gasteiger partial charge on any atom is -0.462 e. The minimum absolute atomic E-state index is 0.167. The van der Waals surface area contributed by atoms with E-state index in [9.17, 15) is 37.9 Å². The Hall–Kier alpha value is -1.61. The normalized spacial score (nSPS) is 21.6. The monoisotopic (exact) mass is 750 g/mol. The van der Waals surface area contributed by atoms with Crippen LogP contribution in [0, 0.1) is 0 Å². The molecule has 1 heterocycles. The third-order valence-corrected chi connectivity index (χ3v) is 9.85. The lowest BCUT2D eigenvalue weighted by Crippen LogP contribution is -2.60. The third-order valence-electron chi connectivity index (χ3n) is 9.10. The van der Waals surface area contributed by atoms with Crippen molar-refractivity contribution in [3.63, 3.8) is 0 Å². The van der Waals surface area contributed by atoms with Crippen molar-refractivity contribution in [2.45, 2.75) is 198 Å². The summed E-state index contributed by atoms with van der Waals surface area (Å²) in [5.41, 5.74) is 0. The number of esters is 2. The molecule has 2 unspecified atom stereocenters. The summed E-state index contributed by atoms with van der Waals surface area (Å²) in [6.45, 7) is 3.68. The standard InChI is InChI=1S/C38H70O12S/c1-3-5-7-9-11-13-15-17-19-21-23-25-27-34(40)49-31(28-47-33(39)26-24-22-20-18-16-14-12-10-8-6-4-2)29-48-38-37(43)36(42)35(41)32(50-38)30-51(44,45)46/h10,12,31-32,35-38,41-43H,3-9,11,13-30H2,1-2H3,(H,44,45,46)/b12-10+/t31-,32-,35-,36?,37?,38+/m1/s1. The molecule has 0 aromatic heterocycles. The molecule has 51 heavy (non-hydrogen) atoms. The first kappa shape index (κ1) is 47.4. The molecular formula is C38H70O12S. The molecule has 12 nitrogen and oxygen atoms in total. The van der Waals surface area contributed by atoms with Crippen LogP contribution in [-0.4, -0.2) is 96.0 Å². The molecule has 0 bridgehead atoms. The molecule has 1 aliphatic rings. The Balaban J connectivity index is 2.52. The van der Waals surface area contributed by atoms with Crippen LogP contribution in [-0.2, 0) is 38.7 Å². The van der Waals surface area contributed by atoms with Gasteiger partial charge in [-0.3, -0.25) is 14.1 Å². The highest BCUT2D eigenvalue weighted by atomic mass is 32.2. The van der Waals surface area contributed by atoms with Crippen molar-refractivity contribution >= 4 is 22.1 Å². The van der Waals surface area contributed by atoms with E-state index in [-0.39, 0.29) is 19.4 Å². The zero-order valence-electron chi connectivity index (χ0n) is 31.5. The fourth-order valence-electron chi connectivity index (χ4n) is 5.95. The first-order chi connectivity index (χ1) is 24.5. The Kier molecular flexibility index (Phi) is 27.7. The van der Waals surface area contributed by atoms with Gasteiger partial charge in [0.15, 0.2) is 12.4 Å². The molecule has 0 aromatic carbocycles. The summed E-state index contributed by atoms with van der Waals surface area (Å²) >= 11 is 0. The van der Waals surface area contributed by atoms with Gasteiger partial charge >= 0.3 is 11.9 Å². The van der Waals surface area contributed by atoms with Crippen molar-refractivity contribution in [3.8, 4) is 0 Å². The second-order valence-electron chi connectivity index (χ2n) is 14.0. The van der Waals surface area contributed by atoms with E-state index in [0.29, 0.717) is 12.8 Å². The molecule has 0 amide bonds. The van der Waals surface area contributed by atoms with Gasteiger partial charge in [-0.25, -0.2) is 0 Å². The van der Waals surface area contributed by atoms with Crippen LogP contribution in [0.4, 0.5) is 0 Å². The van der Waals surface area contributed by atoms with Gasteiger partial charge in [0.2, 0.25) is 0 Å². The van der Waals surface area contributed by atoms with Gasteiger partial charge in [-0.1, -0.05) is 129 Å². The van der Waals surface area contributed by atoms with Crippen LogP contribution in [0.1, 0.15) is 162 Å².